The number of likely N-dealkylation sites (tertiary alicyclic amines) is 1. The van der Waals surface area contributed by atoms with E-state index in [1.54, 1.807) is 27.0 Å². The molecule has 2 rings (SSSR count). The minimum Gasteiger partial charge on any atom is -0.469 e. The number of hydrogen-bond acceptors (Lipinski definition) is 5. The Morgan fingerprint density at radius 2 is 2.19 bits per heavy atom. The Labute approximate surface area is 124 Å². The first kappa shape index (κ1) is 15.6. The summed E-state index contributed by atoms with van der Waals surface area (Å²) < 4.78 is 10.5. The highest BCUT2D eigenvalue weighted by Crippen LogP contribution is 2.23. The first-order chi connectivity index (χ1) is 9.78. The van der Waals surface area contributed by atoms with Crippen LogP contribution in [-0.2, 0) is 20.7 Å². The molecule has 116 valence electrons. The van der Waals surface area contributed by atoms with Crippen LogP contribution in [0.2, 0.25) is 0 Å². The zero-order chi connectivity index (χ0) is 15.6. The van der Waals surface area contributed by atoms with E-state index in [4.69, 9.17) is 14.9 Å². The summed E-state index contributed by atoms with van der Waals surface area (Å²) in [4.78, 5) is 25.1. The fraction of sp³-hybridized carbons (Fsp3) is 0.600. The van der Waals surface area contributed by atoms with E-state index >= 15 is 0 Å². The number of furan rings is 1. The van der Waals surface area contributed by atoms with Gasteiger partial charge in [-0.2, -0.15) is 0 Å². The van der Waals surface area contributed by atoms with E-state index in [1.165, 1.54) is 4.90 Å². The van der Waals surface area contributed by atoms with Crippen LogP contribution in [0.3, 0.4) is 0 Å². The van der Waals surface area contributed by atoms with Crippen molar-refractivity contribution in [3.8, 4) is 0 Å². The molecule has 1 aromatic heterocycles. The van der Waals surface area contributed by atoms with Gasteiger partial charge in [0.1, 0.15) is 23.9 Å². The Morgan fingerprint density at radius 1 is 1.48 bits per heavy atom. The van der Waals surface area contributed by atoms with Crippen molar-refractivity contribution in [3.05, 3.63) is 24.2 Å². The minimum atomic E-state index is -0.559. The van der Waals surface area contributed by atoms with Crippen LogP contribution in [0.5, 0.6) is 0 Å². The smallest absolute Gasteiger partial charge is 0.326 e. The lowest BCUT2D eigenvalue weighted by molar-refractivity contribution is -0.166. The molecule has 2 heterocycles. The number of carbonyl (C=O) groups is 2. The molecule has 1 fully saturated rings. The monoisotopic (exact) mass is 294 g/mol. The molecule has 0 radical (unpaired) electrons. The number of aryl methyl sites for hydroxylation is 1. The molecule has 0 bridgehead atoms. The number of carbonyl (C=O) groups excluding carboxylic acids is 2. The Balaban J connectivity index is 1.88. The molecule has 0 aliphatic carbocycles. The molecule has 0 saturated carbocycles. The van der Waals surface area contributed by atoms with Gasteiger partial charge in [0.05, 0.1) is 12.3 Å². The molecule has 1 amide bonds. The van der Waals surface area contributed by atoms with Gasteiger partial charge in [-0.3, -0.25) is 9.59 Å². The third-order valence-corrected chi connectivity index (χ3v) is 3.37. The van der Waals surface area contributed by atoms with Crippen molar-refractivity contribution >= 4 is 11.9 Å². The molecule has 0 aromatic carbocycles. The van der Waals surface area contributed by atoms with Crippen molar-refractivity contribution in [2.75, 3.05) is 6.54 Å². The van der Waals surface area contributed by atoms with Gasteiger partial charge in [-0.25, -0.2) is 0 Å². The van der Waals surface area contributed by atoms with Crippen molar-refractivity contribution in [2.45, 2.75) is 51.3 Å². The van der Waals surface area contributed by atoms with Crippen LogP contribution in [-0.4, -0.2) is 41.0 Å². The van der Waals surface area contributed by atoms with Gasteiger partial charge in [-0.15, -0.1) is 0 Å². The average molecular weight is 294 g/mol. The second-order valence-electron chi connectivity index (χ2n) is 6.26. The molecular formula is C15H22N2O4. The van der Waals surface area contributed by atoms with Gasteiger partial charge in [0.25, 0.3) is 0 Å². The van der Waals surface area contributed by atoms with Crippen LogP contribution < -0.4 is 5.73 Å². The maximum absolute atomic E-state index is 11.8. The summed E-state index contributed by atoms with van der Waals surface area (Å²) in [5, 5.41) is 0. The molecule has 1 aromatic rings. The third-order valence-electron chi connectivity index (χ3n) is 3.37. The summed E-state index contributed by atoms with van der Waals surface area (Å²) in [7, 11) is 0. The highest BCUT2D eigenvalue weighted by molar-refractivity contribution is 5.92. The molecule has 2 N–H and O–H groups in total. The number of ether oxygens (including phenoxy) is 1. The van der Waals surface area contributed by atoms with Crippen LogP contribution in [0.15, 0.2) is 22.8 Å². The fourth-order valence-corrected chi connectivity index (χ4v) is 2.42. The van der Waals surface area contributed by atoms with E-state index in [2.05, 4.69) is 0 Å². The number of rotatable bonds is 5. The zero-order valence-electron chi connectivity index (χ0n) is 12.7. The van der Waals surface area contributed by atoms with Gasteiger partial charge < -0.3 is 19.8 Å². The van der Waals surface area contributed by atoms with E-state index in [9.17, 15) is 9.59 Å². The number of nitrogens with two attached hydrogens (primary N) is 1. The van der Waals surface area contributed by atoms with Gasteiger partial charge >= 0.3 is 5.97 Å². The maximum atomic E-state index is 11.8. The Morgan fingerprint density at radius 3 is 2.76 bits per heavy atom. The van der Waals surface area contributed by atoms with Crippen LogP contribution in [0.25, 0.3) is 0 Å². The lowest BCUT2D eigenvalue weighted by atomic mass is 9.91. The Bertz CT molecular complexity index is 504. The highest BCUT2D eigenvalue weighted by Gasteiger charge is 2.45. The van der Waals surface area contributed by atoms with Crippen LogP contribution in [0, 0.1) is 0 Å². The van der Waals surface area contributed by atoms with Gasteiger partial charge in [0.2, 0.25) is 5.91 Å². The molecule has 21 heavy (non-hydrogen) atoms. The van der Waals surface area contributed by atoms with E-state index < -0.39 is 17.6 Å². The number of nitrogens with zero attached hydrogens (tertiary/aromatic N) is 1. The Kier molecular flexibility index (Phi) is 4.37. The van der Waals surface area contributed by atoms with Crippen molar-refractivity contribution in [1.82, 2.24) is 4.90 Å². The predicted octanol–water partition coefficient (Wildman–Crippen LogP) is 1.09. The number of amides is 1. The normalized spacial score (nSPS) is 22.1. The predicted molar refractivity (Wildman–Crippen MR) is 76.4 cm³/mol. The van der Waals surface area contributed by atoms with Gasteiger partial charge in [-0.05, 0) is 39.3 Å². The first-order valence-corrected chi connectivity index (χ1v) is 7.08. The number of β-lactam (4-membered cyclic amide) rings is 1. The number of hydrogen-bond donors (Lipinski definition) is 1. The summed E-state index contributed by atoms with van der Waals surface area (Å²) in [5.74, 6) is 0.231. The molecule has 6 nitrogen and oxygen atoms in total. The standard InChI is InChI=1S/C15H22N2O4/c1-15(2,3)21-12(18)9-17-11(13(16)14(17)19)7-6-10-5-4-8-20-10/h4-5,8,11,13H,6-7,9,16H2,1-3H3/t11-,13+/m1/s1. The molecule has 1 aliphatic heterocycles. The molecule has 2 atom stereocenters. The molecule has 6 heteroatoms. The lowest BCUT2D eigenvalue weighted by Gasteiger charge is -2.45. The molecule has 1 saturated heterocycles. The molecule has 0 unspecified atom stereocenters. The zero-order valence-corrected chi connectivity index (χ0v) is 12.7. The topological polar surface area (TPSA) is 85.8 Å². The molecule has 1 aliphatic rings. The summed E-state index contributed by atoms with van der Waals surface area (Å²) in [6.45, 7) is 5.33. The second kappa shape index (κ2) is 5.89. The van der Waals surface area contributed by atoms with Crippen LogP contribution in [0.1, 0.15) is 33.0 Å². The van der Waals surface area contributed by atoms with Crippen molar-refractivity contribution in [1.29, 1.82) is 0 Å². The van der Waals surface area contributed by atoms with Gasteiger partial charge in [0.15, 0.2) is 0 Å². The average Bonchev–Trinajstić information content (AvgIpc) is 2.88. The summed E-state index contributed by atoms with van der Waals surface area (Å²) >= 11 is 0. The number of esters is 1. The highest BCUT2D eigenvalue weighted by atomic mass is 16.6. The van der Waals surface area contributed by atoms with E-state index in [0.29, 0.717) is 12.8 Å². The van der Waals surface area contributed by atoms with Crippen LogP contribution in [0.4, 0.5) is 0 Å². The molecule has 0 spiro atoms. The maximum Gasteiger partial charge on any atom is 0.326 e. The summed E-state index contributed by atoms with van der Waals surface area (Å²) in [6.07, 6.45) is 2.96. The van der Waals surface area contributed by atoms with Crippen molar-refractivity contribution in [3.63, 3.8) is 0 Å². The van der Waals surface area contributed by atoms with Crippen LogP contribution >= 0.6 is 0 Å². The third kappa shape index (κ3) is 3.85. The van der Waals surface area contributed by atoms with E-state index in [1.807, 2.05) is 12.1 Å². The SMILES string of the molecule is CC(C)(C)OC(=O)CN1C(=O)[C@@H](N)[C@H]1CCc1ccco1. The molecular weight excluding hydrogens is 272 g/mol. The van der Waals surface area contributed by atoms with Crippen molar-refractivity contribution in [2.24, 2.45) is 5.73 Å². The Hall–Kier alpha value is -1.82. The first-order valence-electron chi connectivity index (χ1n) is 7.08. The fourth-order valence-electron chi connectivity index (χ4n) is 2.42. The van der Waals surface area contributed by atoms with Gasteiger partial charge in [0, 0.05) is 6.42 Å². The minimum absolute atomic E-state index is 0.0490. The second-order valence-corrected chi connectivity index (χ2v) is 6.26. The summed E-state index contributed by atoms with van der Waals surface area (Å²) in [5.41, 5.74) is 5.27. The van der Waals surface area contributed by atoms with Gasteiger partial charge in [-0.1, -0.05) is 0 Å². The summed E-state index contributed by atoms with van der Waals surface area (Å²) in [6, 6.07) is 3.02. The largest absolute Gasteiger partial charge is 0.469 e. The van der Waals surface area contributed by atoms with E-state index in [-0.39, 0.29) is 18.5 Å². The lowest BCUT2D eigenvalue weighted by Crippen LogP contribution is -2.69. The van der Waals surface area contributed by atoms with E-state index in [0.717, 1.165) is 5.76 Å². The van der Waals surface area contributed by atoms with Crippen molar-refractivity contribution < 1.29 is 18.7 Å². The quantitative estimate of drug-likeness (QED) is 0.649.